The number of imidazole rings is 1. The van der Waals surface area contributed by atoms with E-state index in [1.807, 2.05) is 14.0 Å². The van der Waals surface area contributed by atoms with Crippen LogP contribution in [-0.2, 0) is 16.6 Å². The van der Waals surface area contributed by atoms with Crippen molar-refractivity contribution in [3.8, 4) is 11.6 Å². The summed E-state index contributed by atoms with van der Waals surface area (Å²) < 4.78 is 11.9. The number of hydrogen-bond donors (Lipinski definition) is 0. The lowest BCUT2D eigenvalue weighted by Crippen LogP contribution is -2.15. The third-order valence-electron chi connectivity index (χ3n) is 2.74. The number of hydrogen-bond acceptors (Lipinski definition) is 6. The smallest absolute Gasteiger partial charge is 0.318 e. The number of carbonyl (C=O) groups excluding carboxylic acids is 1. The fourth-order valence-electron chi connectivity index (χ4n) is 1.73. The number of rotatable bonds is 5. The molecule has 102 valence electrons. The third-order valence-corrected chi connectivity index (χ3v) is 2.74. The Morgan fingerprint density at radius 1 is 1.53 bits per heavy atom. The SMILES string of the molecule is CCOC(=O)C(CC)c1nc(-c2nccn2C)no1. The summed E-state index contributed by atoms with van der Waals surface area (Å²) >= 11 is 0. The molecule has 19 heavy (non-hydrogen) atoms. The zero-order valence-electron chi connectivity index (χ0n) is 11.2. The molecule has 0 fully saturated rings. The van der Waals surface area contributed by atoms with Crippen molar-refractivity contribution in [2.45, 2.75) is 26.2 Å². The Morgan fingerprint density at radius 3 is 2.89 bits per heavy atom. The molecule has 0 saturated heterocycles. The first kappa shape index (κ1) is 13.3. The van der Waals surface area contributed by atoms with Crippen molar-refractivity contribution in [1.29, 1.82) is 0 Å². The fraction of sp³-hybridized carbons (Fsp3) is 0.500. The summed E-state index contributed by atoms with van der Waals surface area (Å²) in [7, 11) is 1.83. The second-order valence-corrected chi connectivity index (χ2v) is 4.03. The van der Waals surface area contributed by atoms with E-state index in [0.717, 1.165) is 0 Å². The molecule has 2 aromatic rings. The summed E-state index contributed by atoms with van der Waals surface area (Å²) in [6, 6.07) is 0. The molecule has 1 atom stereocenters. The van der Waals surface area contributed by atoms with Gasteiger partial charge in [0.15, 0.2) is 5.82 Å². The van der Waals surface area contributed by atoms with E-state index in [0.29, 0.717) is 24.7 Å². The molecule has 7 nitrogen and oxygen atoms in total. The van der Waals surface area contributed by atoms with Gasteiger partial charge in [-0.05, 0) is 13.3 Å². The summed E-state index contributed by atoms with van der Waals surface area (Å²) in [6.07, 6.45) is 3.98. The molecular weight excluding hydrogens is 248 g/mol. The highest BCUT2D eigenvalue weighted by Crippen LogP contribution is 2.22. The highest BCUT2D eigenvalue weighted by atomic mass is 16.5. The number of carbonyl (C=O) groups is 1. The van der Waals surface area contributed by atoms with Crippen LogP contribution in [0.4, 0.5) is 0 Å². The number of aromatic nitrogens is 4. The van der Waals surface area contributed by atoms with Crippen molar-refractivity contribution in [3.63, 3.8) is 0 Å². The zero-order chi connectivity index (χ0) is 13.8. The molecule has 0 aliphatic heterocycles. The summed E-state index contributed by atoms with van der Waals surface area (Å²) in [5.74, 6) is 0.347. The predicted molar refractivity (Wildman–Crippen MR) is 66.2 cm³/mol. The van der Waals surface area contributed by atoms with E-state index in [-0.39, 0.29) is 11.9 Å². The lowest BCUT2D eigenvalue weighted by molar-refractivity contribution is -0.145. The van der Waals surface area contributed by atoms with Crippen molar-refractivity contribution < 1.29 is 14.1 Å². The van der Waals surface area contributed by atoms with Gasteiger partial charge in [-0.15, -0.1) is 0 Å². The number of ether oxygens (including phenoxy) is 1. The quantitative estimate of drug-likeness (QED) is 0.761. The summed E-state index contributed by atoms with van der Waals surface area (Å²) in [5, 5.41) is 3.85. The van der Waals surface area contributed by atoms with Gasteiger partial charge in [0.2, 0.25) is 11.7 Å². The van der Waals surface area contributed by atoms with Crippen molar-refractivity contribution in [1.82, 2.24) is 19.7 Å². The molecule has 1 unspecified atom stereocenters. The molecule has 0 bridgehead atoms. The Hall–Kier alpha value is -2.18. The molecule has 0 aliphatic rings. The second kappa shape index (κ2) is 5.64. The Kier molecular flexibility index (Phi) is 3.94. The number of esters is 1. The lowest BCUT2D eigenvalue weighted by atomic mass is 10.1. The Bertz CT molecular complexity index is 561. The Morgan fingerprint density at radius 2 is 2.32 bits per heavy atom. The van der Waals surface area contributed by atoms with Gasteiger partial charge in [0.1, 0.15) is 5.92 Å². The average Bonchev–Trinajstić information content (AvgIpc) is 2.99. The van der Waals surface area contributed by atoms with E-state index in [1.165, 1.54) is 0 Å². The fourth-order valence-corrected chi connectivity index (χ4v) is 1.73. The molecule has 7 heteroatoms. The van der Waals surface area contributed by atoms with E-state index in [4.69, 9.17) is 9.26 Å². The lowest BCUT2D eigenvalue weighted by Gasteiger charge is -2.08. The topological polar surface area (TPSA) is 83.0 Å². The van der Waals surface area contributed by atoms with Gasteiger partial charge in [0.25, 0.3) is 0 Å². The second-order valence-electron chi connectivity index (χ2n) is 4.03. The highest BCUT2D eigenvalue weighted by molar-refractivity contribution is 5.76. The first-order valence-electron chi connectivity index (χ1n) is 6.15. The van der Waals surface area contributed by atoms with Crippen LogP contribution in [0, 0.1) is 0 Å². The van der Waals surface area contributed by atoms with E-state index in [2.05, 4.69) is 15.1 Å². The maximum atomic E-state index is 11.8. The van der Waals surface area contributed by atoms with Crippen LogP contribution in [-0.4, -0.2) is 32.3 Å². The van der Waals surface area contributed by atoms with E-state index in [1.54, 1.807) is 23.9 Å². The molecular formula is C12H16N4O3. The number of nitrogens with zero attached hydrogens (tertiary/aromatic N) is 4. The molecule has 2 aromatic heterocycles. The summed E-state index contributed by atoms with van der Waals surface area (Å²) in [4.78, 5) is 20.1. The first-order chi connectivity index (χ1) is 9.17. The summed E-state index contributed by atoms with van der Waals surface area (Å²) in [6.45, 7) is 3.96. The minimum atomic E-state index is -0.526. The molecule has 0 aromatic carbocycles. The van der Waals surface area contributed by atoms with Crippen molar-refractivity contribution >= 4 is 5.97 Å². The highest BCUT2D eigenvalue weighted by Gasteiger charge is 2.27. The van der Waals surface area contributed by atoms with Gasteiger partial charge in [-0.2, -0.15) is 4.98 Å². The Labute approximate surface area is 110 Å². The Balaban J connectivity index is 2.25. The van der Waals surface area contributed by atoms with E-state index < -0.39 is 5.92 Å². The number of aryl methyl sites for hydroxylation is 1. The van der Waals surface area contributed by atoms with Crippen LogP contribution in [0.2, 0.25) is 0 Å². The molecule has 2 heterocycles. The van der Waals surface area contributed by atoms with Gasteiger partial charge in [0, 0.05) is 19.4 Å². The minimum Gasteiger partial charge on any atom is -0.465 e. The molecule has 0 N–H and O–H groups in total. The van der Waals surface area contributed by atoms with Gasteiger partial charge in [-0.1, -0.05) is 12.1 Å². The van der Waals surface area contributed by atoms with Gasteiger partial charge >= 0.3 is 5.97 Å². The van der Waals surface area contributed by atoms with Crippen LogP contribution in [0.15, 0.2) is 16.9 Å². The van der Waals surface area contributed by atoms with Crippen LogP contribution < -0.4 is 0 Å². The van der Waals surface area contributed by atoms with Gasteiger partial charge in [-0.25, -0.2) is 4.98 Å². The summed E-state index contributed by atoms with van der Waals surface area (Å²) in [5.41, 5.74) is 0. The third kappa shape index (κ3) is 2.64. The van der Waals surface area contributed by atoms with Crippen LogP contribution in [0.3, 0.4) is 0 Å². The van der Waals surface area contributed by atoms with E-state index >= 15 is 0 Å². The zero-order valence-corrected chi connectivity index (χ0v) is 11.2. The largest absolute Gasteiger partial charge is 0.465 e. The van der Waals surface area contributed by atoms with Crippen molar-refractivity contribution in [2.75, 3.05) is 6.61 Å². The predicted octanol–water partition coefficient (Wildman–Crippen LogP) is 1.53. The van der Waals surface area contributed by atoms with Gasteiger partial charge in [-0.3, -0.25) is 4.79 Å². The van der Waals surface area contributed by atoms with E-state index in [9.17, 15) is 4.79 Å². The molecule has 0 spiro atoms. The van der Waals surface area contributed by atoms with Crippen molar-refractivity contribution in [2.24, 2.45) is 7.05 Å². The standard InChI is InChI=1S/C12H16N4O3/c1-4-8(12(17)18-5-2)11-14-9(15-19-11)10-13-6-7-16(10)3/h6-8H,4-5H2,1-3H3. The molecule has 0 radical (unpaired) electrons. The van der Waals surface area contributed by atoms with Crippen LogP contribution in [0.5, 0.6) is 0 Å². The van der Waals surface area contributed by atoms with Gasteiger partial charge < -0.3 is 13.8 Å². The van der Waals surface area contributed by atoms with Gasteiger partial charge in [0.05, 0.1) is 6.61 Å². The molecule has 2 rings (SSSR count). The normalized spacial score (nSPS) is 12.4. The minimum absolute atomic E-state index is 0.263. The van der Waals surface area contributed by atoms with Crippen LogP contribution >= 0.6 is 0 Å². The monoisotopic (exact) mass is 264 g/mol. The first-order valence-corrected chi connectivity index (χ1v) is 6.15. The maximum absolute atomic E-state index is 11.8. The van der Waals surface area contributed by atoms with Crippen LogP contribution in [0.25, 0.3) is 11.6 Å². The molecule has 0 aliphatic carbocycles. The molecule has 0 amide bonds. The maximum Gasteiger partial charge on any atom is 0.318 e. The molecule has 0 saturated carbocycles. The van der Waals surface area contributed by atoms with Crippen LogP contribution in [0.1, 0.15) is 32.1 Å². The van der Waals surface area contributed by atoms with Crippen molar-refractivity contribution in [3.05, 3.63) is 18.3 Å². The average molecular weight is 264 g/mol.